The van der Waals surface area contributed by atoms with E-state index >= 15 is 0 Å². The molecule has 0 aliphatic rings. The molecule has 4 heteroatoms. The van der Waals surface area contributed by atoms with Gasteiger partial charge in [0.25, 0.3) is 0 Å². The van der Waals surface area contributed by atoms with Crippen molar-refractivity contribution in [1.82, 2.24) is 15.3 Å². The van der Waals surface area contributed by atoms with Crippen molar-refractivity contribution in [3.8, 4) is 5.88 Å². The van der Waals surface area contributed by atoms with Gasteiger partial charge in [-0.25, -0.2) is 9.97 Å². The number of benzene rings is 1. The van der Waals surface area contributed by atoms with E-state index in [0.717, 1.165) is 5.69 Å². The number of nitrogens with one attached hydrogen (secondary N) is 1. The number of hydrogen-bond acceptors (Lipinski definition) is 4. The molecule has 1 atom stereocenters. The highest BCUT2D eigenvalue weighted by Crippen LogP contribution is 2.23. The fraction of sp³-hybridized carbons (Fsp3) is 0.333. The predicted molar refractivity (Wildman–Crippen MR) is 75.4 cm³/mol. The molecule has 0 saturated heterocycles. The molecule has 0 saturated carbocycles. The summed E-state index contributed by atoms with van der Waals surface area (Å²) in [6.07, 6.45) is 1.53. The van der Waals surface area contributed by atoms with Crippen LogP contribution < -0.4 is 10.1 Å². The third-order valence-electron chi connectivity index (χ3n) is 3.03. The third-order valence-corrected chi connectivity index (χ3v) is 3.03. The van der Waals surface area contributed by atoms with Gasteiger partial charge in [-0.15, -0.1) is 0 Å². The Hall–Kier alpha value is -1.94. The lowest BCUT2D eigenvalue weighted by atomic mass is 9.99. The van der Waals surface area contributed by atoms with E-state index in [1.165, 1.54) is 23.0 Å². The molecule has 0 aliphatic heterocycles. The summed E-state index contributed by atoms with van der Waals surface area (Å²) in [5.74, 6) is 0.578. The molecule has 1 aromatic heterocycles. The van der Waals surface area contributed by atoms with Crippen molar-refractivity contribution in [3.63, 3.8) is 0 Å². The molecule has 19 heavy (non-hydrogen) atoms. The summed E-state index contributed by atoms with van der Waals surface area (Å²) < 4.78 is 5.15. The Balaban J connectivity index is 2.43. The van der Waals surface area contributed by atoms with E-state index in [9.17, 15) is 0 Å². The molecule has 2 rings (SSSR count). The Morgan fingerprint density at radius 3 is 2.32 bits per heavy atom. The second-order valence-corrected chi connectivity index (χ2v) is 4.63. The second kappa shape index (κ2) is 5.80. The van der Waals surface area contributed by atoms with Crippen molar-refractivity contribution in [2.75, 3.05) is 14.2 Å². The van der Waals surface area contributed by atoms with Gasteiger partial charge in [-0.05, 0) is 26.5 Å². The lowest BCUT2D eigenvalue weighted by Crippen LogP contribution is -2.19. The number of aromatic nitrogens is 2. The summed E-state index contributed by atoms with van der Waals surface area (Å²) >= 11 is 0. The summed E-state index contributed by atoms with van der Waals surface area (Å²) in [5.41, 5.74) is 4.59. The van der Waals surface area contributed by atoms with Gasteiger partial charge in [-0.2, -0.15) is 0 Å². The van der Waals surface area contributed by atoms with Crippen LogP contribution in [0.5, 0.6) is 5.88 Å². The lowest BCUT2D eigenvalue weighted by molar-refractivity contribution is 0.395. The van der Waals surface area contributed by atoms with Crippen LogP contribution in [0.2, 0.25) is 0 Å². The highest BCUT2D eigenvalue weighted by Gasteiger charge is 2.15. The maximum atomic E-state index is 5.15. The molecule has 1 heterocycles. The van der Waals surface area contributed by atoms with Gasteiger partial charge in [0.1, 0.15) is 6.33 Å². The SMILES string of the molecule is CNC(c1cc(C)cc(C)c1)c1cc(OC)ncn1. The van der Waals surface area contributed by atoms with Crippen LogP contribution >= 0.6 is 0 Å². The van der Waals surface area contributed by atoms with Crippen molar-refractivity contribution in [2.45, 2.75) is 19.9 Å². The van der Waals surface area contributed by atoms with Crippen LogP contribution in [-0.2, 0) is 0 Å². The normalized spacial score (nSPS) is 12.2. The zero-order valence-electron chi connectivity index (χ0n) is 11.8. The lowest BCUT2D eigenvalue weighted by Gasteiger charge is -2.17. The van der Waals surface area contributed by atoms with E-state index in [-0.39, 0.29) is 6.04 Å². The Morgan fingerprint density at radius 1 is 1.05 bits per heavy atom. The number of methoxy groups -OCH3 is 1. The molecule has 1 aromatic carbocycles. The minimum atomic E-state index is 0.0375. The molecule has 0 radical (unpaired) electrons. The topological polar surface area (TPSA) is 47.0 Å². The van der Waals surface area contributed by atoms with Crippen molar-refractivity contribution < 1.29 is 4.74 Å². The fourth-order valence-corrected chi connectivity index (χ4v) is 2.28. The first-order chi connectivity index (χ1) is 9.13. The Labute approximate surface area is 113 Å². The molecule has 1 unspecified atom stereocenters. The highest BCUT2D eigenvalue weighted by molar-refractivity contribution is 5.35. The van der Waals surface area contributed by atoms with Crippen molar-refractivity contribution >= 4 is 0 Å². The largest absolute Gasteiger partial charge is 0.481 e. The minimum Gasteiger partial charge on any atom is -0.481 e. The zero-order valence-corrected chi connectivity index (χ0v) is 11.8. The molecule has 0 fully saturated rings. The van der Waals surface area contributed by atoms with Crippen LogP contribution in [-0.4, -0.2) is 24.1 Å². The first-order valence-electron chi connectivity index (χ1n) is 6.25. The maximum absolute atomic E-state index is 5.15. The number of nitrogens with zero attached hydrogens (tertiary/aromatic N) is 2. The summed E-state index contributed by atoms with van der Waals surface area (Å²) in [5, 5.41) is 3.29. The Morgan fingerprint density at radius 2 is 1.74 bits per heavy atom. The van der Waals surface area contributed by atoms with Gasteiger partial charge in [-0.3, -0.25) is 0 Å². The van der Waals surface area contributed by atoms with E-state index in [2.05, 4.69) is 47.3 Å². The van der Waals surface area contributed by atoms with Gasteiger partial charge in [0.2, 0.25) is 5.88 Å². The first-order valence-corrected chi connectivity index (χ1v) is 6.25. The van der Waals surface area contributed by atoms with Gasteiger partial charge < -0.3 is 10.1 Å². The number of aryl methyl sites for hydroxylation is 2. The predicted octanol–water partition coefficient (Wildman–Crippen LogP) is 2.41. The smallest absolute Gasteiger partial charge is 0.216 e. The number of hydrogen-bond donors (Lipinski definition) is 1. The van der Waals surface area contributed by atoms with Gasteiger partial charge in [0.15, 0.2) is 0 Å². The van der Waals surface area contributed by atoms with Crippen LogP contribution in [0.25, 0.3) is 0 Å². The summed E-state index contributed by atoms with van der Waals surface area (Å²) in [4.78, 5) is 8.38. The molecular formula is C15H19N3O. The fourth-order valence-electron chi connectivity index (χ4n) is 2.28. The van der Waals surface area contributed by atoms with E-state index in [1.54, 1.807) is 7.11 Å². The average molecular weight is 257 g/mol. The van der Waals surface area contributed by atoms with Gasteiger partial charge >= 0.3 is 0 Å². The maximum Gasteiger partial charge on any atom is 0.216 e. The average Bonchev–Trinajstić information content (AvgIpc) is 2.39. The second-order valence-electron chi connectivity index (χ2n) is 4.63. The van der Waals surface area contributed by atoms with Gasteiger partial charge in [0.05, 0.1) is 18.8 Å². The quantitative estimate of drug-likeness (QED) is 0.913. The zero-order chi connectivity index (χ0) is 13.8. The van der Waals surface area contributed by atoms with E-state index in [0.29, 0.717) is 5.88 Å². The molecule has 1 N–H and O–H groups in total. The highest BCUT2D eigenvalue weighted by atomic mass is 16.5. The van der Waals surface area contributed by atoms with Crippen molar-refractivity contribution in [2.24, 2.45) is 0 Å². The van der Waals surface area contributed by atoms with E-state index in [1.807, 2.05) is 13.1 Å². The first kappa shape index (κ1) is 13.5. The minimum absolute atomic E-state index is 0.0375. The number of rotatable bonds is 4. The van der Waals surface area contributed by atoms with E-state index < -0.39 is 0 Å². The standard InChI is InChI=1S/C15H19N3O/c1-10-5-11(2)7-12(6-10)15(16-3)13-8-14(19-4)18-9-17-13/h5-9,15-16H,1-4H3. The summed E-state index contributed by atoms with van der Waals surface area (Å²) in [6.45, 7) is 4.20. The Kier molecular flexibility index (Phi) is 4.12. The van der Waals surface area contributed by atoms with Crippen LogP contribution in [0.3, 0.4) is 0 Å². The monoisotopic (exact) mass is 257 g/mol. The molecule has 0 aliphatic carbocycles. The molecular weight excluding hydrogens is 238 g/mol. The molecule has 0 amide bonds. The van der Waals surface area contributed by atoms with Gasteiger partial charge in [0, 0.05) is 6.07 Å². The summed E-state index contributed by atoms with van der Waals surface area (Å²) in [7, 11) is 3.54. The summed E-state index contributed by atoms with van der Waals surface area (Å²) in [6, 6.07) is 8.40. The molecule has 2 aromatic rings. The Bertz CT molecular complexity index is 549. The van der Waals surface area contributed by atoms with Crippen molar-refractivity contribution in [1.29, 1.82) is 0 Å². The number of ether oxygens (including phenoxy) is 1. The van der Waals surface area contributed by atoms with Crippen molar-refractivity contribution in [3.05, 3.63) is 53.0 Å². The van der Waals surface area contributed by atoms with Gasteiger partial charge in [-0.1, -0.05) is 29.3 Å². The van der Waals surface area contributed by atoms with Crippen LogP contribution in [0.1, 0.15) is 28.4 Å². The molecule has 0 bridgehead atoms. The van der Waals surface area contributed by atoms with Crippen LogP contribution in [0.15, 0.2) is 30.6 Å². The van der Waals surface area contributed by atoms with E-state index in [4.69, 9.17) is 4.74 Å². The van der Waals surface area contributed by atoms with Crippen LogP contribution in [0.4, 0.5) is 0 Å². The third kappa shape index (κ3) is 3.09. The molecule has 0 spiro atoms. The van der Waals surface area contributed by atoms with Crippen LogP contribution in [0, 0.1) is 13.8 Å². The molecule has 4 nitrogen and oxygen atoms in total. The molecule has 100 valence electrons.